The van der Waals surface area contributed by atoms with Crippen molar-refractivity contribution in [3.8, 4) is 11.1 Å². The number of ketones is 1. The van der Waals surface area contributed by atoms with Crippen LogP contribution in [0.1, 0.15) is 32.9 Å². The largest absolute Gasteiger partial charge is 0.292 e. The minimum atomic E-state index is -0.196. The summed E-state index contributed by atoms with van der Waals surface area (Å²) in [6, 6.07) is 11.3. The van der Waals surface area contributed by atoms with Crippen LogP contribution in [0, 0.1) is 27.7 Å². The van der Waals surface area contributed by atoms with Crippen LogP contribution < -0.4 is 5.56 Å². The lowest BCUT2D eigenvalue weighted by molar-refractivity contribution is 0.0969. The van der Waals surface area contributed by atoms with Gasteiger partial charge in [-0.2, -0.15) is 0 Å². The van der Waals surface area contributed by atoms with E-state index in [4.69, 9.17) is 11.6 Å². The van der Waals surface area contributed by atoms with Crippen LogP contribution in [0.3, 0.4) is 0 Å². The first-order valence-corrected chi connectivity index (χ1v) is 10.9. The fourth-order valence-corrected chi connectivity index (χ4v) is 4.59. The molecule has 2 heterocycles. The summed E-state index contributed by atoms with van der Waals surface area (Å²) in [6.45, 7) is 7.64. The van der Waals surface area contributed by atoms with E-state index in [1.54, 1.807) is 6.92 Å². The molecule has 0 aliphatic rings. The molecule has 0 radical (unpaired) electrons. The zero-order valence-electron chi connectivity index (χ0n) is 17.2. The SMILES string of the molecule is Cc1ccc(C(=O)Cn2c(C)nc3scc(-c4ccc(Cl)c(C)c4)c3c2=O)cc1C. The highest BCUT2D eigenvalue weighted by Crippen LogP contribution is 2.33. The first-order valence-electron chi connectivity index (χ1n) is 9.62. The van der Waals surface area contributed by atoms with Crippen molar-refractivity contribution in [1.29, 1.82) is 0 Å². The maximum atomic E-state index is 13.4. The number of carbonyl (C=O) groups is 1. The van der Waals surface area contributed by atoms with Gasteiger partial charge >= 0.3 is 0 Å². The highest BCUT2D eigenvalue weighted by molar-refractivity contribution is 7.17. The molecule has 0 aliphatic carbocycles. The van der Waals surface area contributed by atoms with Gasteiger partial charge < -0.3 is 0 Å². The predicted octanol–water partition coefficient (Wildman–Crippen LogP) is 5.89. The maximum Gasteiger partial charge on any atom is 0.263 e. The molecule has 2 aromatic heterocycles. The Kier molecular flexibility index (Phi) is 5.35. The third-order valence-electron chi connectivity index (χ3n) is 5.48. The number of thiophene rings is 1. The van der Waals surface area contributed by atoms with E-state index in [-0.39, 0.29) is 17.9 Å². The second kappa shape index (κ2) is 7.82. The summed E-state index contributed by atoms with van der Waals surface area (Å²) in [5.74, 6) is 0.425. The summed E-state index contributed by atoms with van der Waals surface area (Å²) in [7, 11) is 0. The molecule has 0 aliphatic heterocycles. The van der Waals surface area contributed by atoms with Gasteiger partial charge in [0.1, 0.15) is 10.7 Å². The van der Waals surface area contributed by atoms with Crippen molar-refractivity contribution in [3.05, 3.63) is 85.2 Å². The average molecular weight is 437 g/mol. The van der Waals surface area contributed by atoms with Crippen LogP contribution in [0.25, 0.3) is 21.3 Å². The fourth-order valence-electron chi connectivity index (χ4n) is 3.49. The lowest BCUT2D eigenvalue weighted by atomic mass is 10.0. The molecule has 4 rings (SSSR count). The third kappa shape index (κ3) is 3.59. The maximum absolute atomic E-state index is 13.4. The molecule has 0 N–H and O–H groups in total. The van der Waals surface area contributed by atoms with E-state index >= 15 is 0 Å². The molecule has 6 heteroatoms. The third-order valence-corrected chi connectivity index (χ3v) is 6.78. The van der Waals surface area contributed by atoms with Crippen LogP contribution in [-0.2, 0) is 6.54 Å². The van der Waals surface area contributed by atoms with E-state index < -0.39 is 0 Å². The highest BCUT2D eigenvalue weighted by Gasteiger charge is 2.18. The molecule has 152 valence electrons. The first kappa shape index (κ1) is 20.5. The molecular formula is C24H21ClN2O2S. The van der Waals surface area contributed by atoms with Crippen molar-refractivity contribution in [2.24, 2.45) is 0 Å². The van der Waals surface area contributed by atoms with Gasteiger partial charge in [0.2, 0.25) is 0 Å². The second-order valence-corrected chi connectivity index (χ2v) is 8.83. The predicted molar refractivity (Wildman–Crippen MR) is 124 cm³/mol. The van der Waals surface area contributed by atoms with Crippen molar-refractivity contribution in [2.75, 3.05) is 0 Å². The van der Waals surface area contributed by atoms with Gasteiger partial charge in [-0.1, -0.05) is 29.8 Å². The average Bonchev–Trinajstić information content (AvgIpc) is 3.13. The lowest BCUT2D eigenvalue weighted by Crippen LogP contribution is -2.27. The van der Waals surface area contributed by atoms with Crippen LogP contribution in [0.4, 0.5) is 0 Å². The molecule has 0 saturated heterocycles. The number of Topliss-reactive ketones (excluding diaryl/α,β-unsaturated/α-hetero) is 1. The monoisotopic (exact) mass is 436 g/mol. The Balaban J connectivity index is 1.81. The molecule has 4 aromatic rings. The molecule has 0 spiro atoms. The Morgan fingerprint density at radius 2 is 1.80 bits per heavy atom. The van der Waals surface area contributed by atoms with Crippen LogP contribution in [0.15, 0.2) is 46.6 Å². The van der Waals surface area contributed by atoms with Crippen LogP contribution in [0.5, 0.6) is 0 Å². The smallest absolute Gasteiger partial charge is 0.263 e. The molecule has 0 atom stereocenters. The van der Waals surface area contributed by atoms with Crippen molar-refractivity contribution < 1.29 is 4.79 Å². The molecular weight excluding hydrogens is 416 g/mol. The molecule has 2 aromatic carbocycles. The molecule has 0 saturated carbocycles. The minimum absolute atomic E-state index is 0.0367. The molecule has 0 unspecified atom stereocenters. The van der Waals surface area contributed by atoms with E-state index in [1.165, 1.54) is 15.9 Å². The van der Waals surface area contributed by atoms with E-state index in [1.807, 2.05) is 62.5 Å². The second-order valence-electron chi connectivity index (χ2n) is 7.57. The number of rotatable bonds is 4. The summed E-state index contributed by atoms with van der Waals surface area (Å²) in [6.07, 6.45) is 0. The molecule has 0 fully saturated rings. The van der Waals surface area contributed by atoms with Gasteiger partial charge in [-0.25, -0.2) is 4.98 Å². The zero-order valence-corrected chi connectivity index (χ0v) is 18.8. The molecule has 0 amide bonds. The fraction of sp³-hybridized carbons (Fsp3) is 0.208. The summed E-state index contributed by atoms with van der Waals surface area (Å²) in [5.41, 5.74) is 5.26. The number of benzene rings is 2. The number of carbonyl (C=O) groups excluding carboxylic acids is 1. The molecule has 4 nitrogen and oxygen atoms in total. The van der Waals surface area contributed by atoms with Crippen molar-refractivity contribution >= 4 is 38.9 Å². The summed E-state index contributed by atoms with van der Waals surface area (Å²) in [5, 5.41) is 3.17. The zero-order chi connectivity index (χ0) is 21.6. The summed E-state index contributed by atoms with van der Waals surface area (Å²) in [4.78, 5) is 31.6. The van der Waals surface area contributed by atoms with Crippen molar-refractivity contribution in [3.63, 3.8) is 0 Å². The minimum Gasteiger partial charge on any atom is -0.292 e. The molecule has 30 heavy (non-hydrogen) atoms. The highest BCUT2D eigenvalue weighted by atomic mass is 35.5. The van der Waals surface area contributed by atoms with Crippen LogP contribution >= 0.6 is 22.9 Å². The van der Waals surface area contributed by atoms with Gasteiger partial charge in [-0.05, 0) is 68.1 Å². The summed E-state index contributed by atoms with van der Waals surface area (Å²) >= 11 is 7.59. The van der Waals surface area contributed by atoms with Gasteiger partial charge in [0.15, 0.2) is 5.78 Å². The van der Waals surface area contributed by atoms with Gasteiger partial charge in [0.25, 0.3) is 5.56 Å². The number of nitrogens with zero attached hydrogens (tertiary/aromatic N) is 2. The number of hydrogen-bond acceptors (Lipinski definition) is 4. The number of aromatic nitrogens is 2. The standard InChI is InChI=1S/C24H21ClN2O2S/c1-13-5-6-18(9-14(13)2)21(28)11-27-16(4)26-23-22(24(27)29)19(12-30-23)17-7-8-20(25)15(3)10-17/h5-10,12H,11H2,1-4H3. The van der Waals surface area contributed by atoms with Gasteiger partial charge in [-0.3, -0.25) is 14.2 Å². The topological polar surface area (TPSA) is 52.0 Å². The number of hydrogen-bond donors (Lipinski definition) is 0. The van der Waals surface area contributed by atoms with Gasteiger partial charge in [0, 0.05) is 21.5 Å². The van der Waals surface area contributed by atoms with E-state index in [2.05, 4.69) is 4.98 Å². The number of fused-ring (bicyclic) bond motifs is 1. The Morgan fingerprint density at radius 1 is 1.03 bits per heavy atom. The molecule has 0 bridgehead atoms. The van der Waals surface area contributed by atoms with Gasteiger partial charge in [0.05, 0.1) is 11.9 Å². The van der Waals surface area contributed by atoms with E-state index in [0.717, 1.165) is 27.8 Å². The van der Waals surface area contributed by atoms with Crippen LogP contribution in [-0.4, -0.2) is 15.3 Å². The Labute approximate surface area is 183 Å². The van der Waals surface area contributed by atoms with Crippen molar-refractivity contribution in [1.82, 2.24) is 9.55 Å². The first-order chi connectivity index (χ1) is 14.3. The van der Waals surface area contributed by atoms with Gasteiger partial charge in [-0.15, -0.1) is 11.3 Å². The number of halogens is 1. The quantitative estimate of drug-likeness (QED) is 0.374. The number of aryl methyl sites for hydroxylation is 4. The Morgan fingerprint density at radius 3 is 2.50 bits per heavy atom. The summed E-state index contributed by atoms with van der Waals surface area (Å²) < 4.78 is 1.47. The Hall–Kier alpha value is -2.76. The van der Waals surface area contributed by atoms with E-state index in [9.17, 15) is 9.59 Å². The lowest BCUT2D eigenvalue weighted by Gasteiger charge is -2.11. The Bertz CT molecular complexity index is 1370. The van der Waals surface area contributed by atoms with Crippen molar-refractivity contribution in [2.45, 2.75) is 34.2 Å². The van der Waals surface area contributed by atoms with Crippen LogP contribution in [0.2, 0.25) is 5.02 Å². The van der Waals surface area contributed by atoms with E-state index in [0.29, 0.717) is 26.6 Å². The normalized spacial score (nSPS) is 11.2.